The van der Waals surface area contributed by atoms with E-state index in [0.29, 0.717) is 28.0 Å². The van der Waals surface area contributed by atoms with Crippen LogP contribution in [-0.2, 0) is 4.79 Å². The molecule has 0 unspecified atom stereocenters. The Bertz CT molecular complexity index is 1180. The van der Waals surface area contributed by atoms with E-state index in [1.165, 1.54) is 19.4 Å². The smallest absolute Gasteiger partial charge is 0.308 e. The monoisotopic (exact) mass is 331 g/mol. The molecule has 2 aromatic heterocycles. The predicted octanol–water partition coefficient (Wildman–Crippen LogP) is 3.93. The minimum atomic E-state index is -0.436. The molecule has 0 saturated heterocycles. The standard InChI is InChI=1S/C20H13NO4/c1-12(22)25-14-8-9-21-17(10-14)16-11-24-18-7-6-13-4-2-3-5-15(13)19(18)20(16)23/h2-11H,1H3. The van der Waals surface area contributed by atoms with Crippen molar-refractivity contribution in [3.8, 4) is 17.0 Å². The van der Waals surface area contributed by atoms with E-state index in [1.807, 2.05) is 30.3 Å². The van der Waals surface area contributed by atoms with Gasteiger partial charge >= 0.3 is 5.97 Å². The zero-order valence-electron chi connectivity index (χ0n) is 13.4. The molecule has 0 aliphatic carbocycles. The van der Waals surface area contributed by atoms with Crippen LogP contribution in [0.2, 0.25) is 0 Å². The summed E-state index contributed by atoms with van der Waals surface area (Å²) < 4.78 is 10.7. The molecule has 4 aromatic rings. The summed E-state index contributed by atoms with van der Waals surface area (Å²) in [4.78, 5) is 28.4. The summed E-state index contributed by atoms with van der Waals surface area (Å²) in [6, 6.07) is 14.4. The van der Waals surface area contributed by atoms with Gasteiger partial charge in [-0.3, -0.25) is 14.6 Å². The van der Waals surface area contributed by atoms with Crippen molar-refractivity contribution in [3.05, 3.63) is 71.2 Å². The first-order chi connectivity index (χ1) is 12.1. The molecule has 5 nitrogen and oxygen atoms in total. The summed E-state index contributed by atoms with van der Waals surface area (Å²) in [5, 5.41) is 2.29. The van der Waals surface area contributed by atoms with Crippen LogP contribution in [0.3, 0.4) is 0 Å². The molecule has 0 saturated carbocycles. The molecule has 4 rings (SSSR count). The van der Waals surface area contributed by atoms with Gasteiger partial charge in [0.25, 0.3) is 0 Å². The highest BCUT2D eigenvalue weighted by molar-refractivity contribution is 6.06. The van der Waals surface area contributed by atoms with Gasteiger partial charge in [-0.25, -0.2) is 0 Å². The van der Waals surface area contributed by atoms with E-state index in [9.17, 15) is 9.59 Å². The zero-order chi connectivity index (χ0) is 17.4. The Hall–Kier alpha value is -3.47. The third kappa shape index (κ3) is 2.65. The maximum Gasteiger partial charge on any atom is 0.308 e. The zero-order valence-corrected chi connectivity index (χ0v) is 13.4. The van der Waals surface area contributed by atoms with Crippen LogP contribution < -0.4 is 10.2 Å². The van der Waals surface area contributed by atoms with Gasteiger partial charge in [-0.05, 0) is 22.9 Å². The number of aromatic nitrogens is 1. The van der Waals surface area contributed by atoms with Gasteiger partial charge < -0.3 is 9.15 Å². The number of hydrogen-bond acceptors (Lipinski definition) is 5. The molecular weight excluding hydrogens is 318 g/mol. The highest BCUT2D eigenvalue weighted by atomic mass is 16.5. The number of nitrogens with zero attached hydrogens (tertiary/aromatic N) is 1. The van der Waals surface area contributed by atoms with Crippen LogP contribution in [0.15, 0.2) is 70.2 Å². The fraction of sp³-hybridized carbons (Fsp3) is 0.0500. The van der Waals surface area contributed by atoms with Crippen molar-refractivity contribution in [1.29, 1.82) is 0 Å². The third-order valence-electron chi connectivity index (χ3n) is 3.94. The maximum absolute atomic E-state index is 13.1. The number of carbonyl (C=O) groups excluding carboxylic acids is 1. The van der Waals surface area contributed by atoms with Crippen molar-refractivity contribution in [2.75, 3.05) is 0 Å². The van der Waals surface area contributed by atoms with Crippen molar-refractivity contribution < 1.29 is 13.9 Å². The minimum Gasteiger partial charge on any atom is -0.463 e. The lowest BCUT2D eigenvalue weighted by molar-refractivity contribution is -0.131. The molecule has 0 atom stereocenters. The molecular formula is C20H13NO4. The van der Waals surface area contributed by atoms with Gasteiger partial charge in [0.05, 0.1) is 16.6 Å². The number of carbonyl (C=O) groups is 1. The lowest BCUT2D eigenvalue weighted by Crippen LogP contribution is -2.07. The first kappa shape index (κ1) is 15.1. The summed E-state index contributed by atoms with van der Waals surface area (Å²) in [5.41, 5.74) is 1.05. The topological polar surface area (TPSA) is 69.4 Å². The summed E-state index contributed by atoms with van der Waals surface area (Å²) in [5.74, 6) is -0.108. The third-order valence-corrected chi connectivity index (χ3v) is 3.94. The van der Waals surface area contributed by atoms with E-state index < -0.39 is 5.97 Å². The van der Waals surface area contributed by atoms with Crippen molar-refractivity contribution in [2.24, 2.45) is 0 Å². The van der Waals surface area contributed by atoms with E-state index in [1.54, 1.807) is 18.2 Å². The van der Waals surface area contributed by atoms with Gasteiger partial charge in [0.15, 0.2) is 0 Å². The van der Waals surface area contributed by atoms with Gasteiger partial charge in [-0.1, -0.05) is 30.3 Å². The summed E-state index contributed by atoms with van der Waals surface area (Å²) in [6.45, 7) is 1.32. The van der Waals surface area contributed by atoms with Crippen LogP contribution in [0.1, 0.15) is 6.92 Å². The Morgan fingerprint density at radius 1 is 1.12 bits per heavy atom. The lowest BCUT2D eigenvalue weighted by Gasteiger charge is -2.06. The van der Waals surface area contributed by atoms with Gasteiger partial charge in [-0.15, -0.1) is 0 Å². The van der Waals surface area contributed by atoms with Gasteiger partial charge in [0, 0.05) is 19.2 Å². The number of hydrogen-bond donors (Lipinski definition) is 0. The molecule has 0 aliphatic heterocycles. The van der Waals surface area contributed by atoms with Gasteiger partial charge in [-0.2, -0.15) is 0 Å². The Balaban J connectivity index is 1.97. The first-order valence-electron chi connectivity index (χ1n) is 7.71. The Morgan fingerprint density at radius 2 is 1.96 bits per heavy atom. The van der Waals surface area contributed by atoms with Crippen LogP contribution in [0.25, 0.3) is 33.0 Å². The van der Waals surface area contributed by atoms with Crippen molar-refractivity contribution in [1.82, 2.24) is 4.98 Å². The number of esters is 1. The molecule has 2 heterocycles. The molecule has 5 heteroatoms. The van der Waals surface area contributed by atoms with Crippen LogP contribution in [0.4, 0.5) is 0 Å². The van der Waals surface area contributed by atoms with E-state index >= 15 is 0 Å². The van der Waals surface area contributed by atoms with Crippen molar-refractivity contribution >= 4 is 27.7 Å². The molecule has 122 valence electrons. The number of rotatable bonds is 2. The molecule has 0 N–H and O–H groups in total. The molecule has 0 fully saturated rings. The quantitative estimate of drug-likeness (QED) is 0.411. The van der Waals surface area contributed by atoms with Gasteiger partial charge in [0.1, 0.15) is 17.6 Å². The Morgan fingerprint density at radius 3 is 2.80 bits per heavy atom. The van der Waals surface area contributed by atoms with Crippen LogP contribution in [0.5, 0.6) is 5.75 Å². The molecule has 25 heavy (non-hydrogen) atoms. The molecule has 0 radical (unpaired) electrons. The number of pyridine rings is 1. The number of ether oxygens (including phenoxy) is 1. The summed E-state index contributed by atoms with van der Waals surface area (Å²) in [7, 11) is 0. The fourth-order valence-electron chi connectivity index (χ4n) is 2.86. The molecule has 0 spiro atoms. The highest BCUT2D eigenvalue weighted by Gasteiger charge is 2.13. The van der Waals surface area contributed by atoms with E-state index in [0.717, 1.165) is 10.8 Å². The molecule has 2 aromatic carbocycles. The Labute approximate surface area is 142 Å². The molecule has 0 bridgehead atoms. The highest BCUT2D eigenvalue weighted by Crippen LogP contribution is 2.26. The van der Waals surface area contributed by atoms with Crippen LogP contribution in [0, 0.1) is 0 Å². The number of benzene rings is 2. The van der Waals surface area contributed by atoms with E-state index in [4.69, 9.17) is 9.15 Å². The predicted molar refractivity (Wildman–Crippen MR) is 94.5 cm³/mol. The van der Waals surface area contributed by atoms with Crippen molar-refractivity contribution in [3.63, 3.8) is 0 Å². The largest absolute Gasteiger partial charge is 0.463 e. The number of fused-ring (bicyclic) bond motifs is 3. The normalized spacial score (nSPS) is 10.9. The second kappa shape index (κ2) is 5.87. The summed E-state index contributed by atoms with van der Waals surface area (Å²) >= 11 is 0. The van der Waals surface area contributed by atoms with Crippen LogP contribution >= 0.6 is 0 Å². The van der Waals surface area contributed by atoms with Crippen LogP contribution in [-0.4, -0.2) is 11.0 Å². The second-order valence-electron chi connectivity index (χ2n) is 5.61. The fourth-order valence-corrected chi connectivity index (χ4v) is 2.86. The SMILES string of the molecule is CC(=O)Oc1ccnc(-c2coc3ccc4ccccc4c3c2=O)c1. The summed E-state index contributed by atoms with van der Waals surface area (Å²) in [6.07, 6.45) is 2.87. The maximum atomic E-state index is 13.1. The average molecular weight is 331 g/mol. The first-order valence-corrected chi connectivity index (χ1v) is 7.71. The van der Waals surface area contributed by atoms with E-state index in [-0.39, 0.29) is 5.43 Å². The molecule has 0 amide bonds. The van der Waals surface area contributed by atoms with Gasteiger partial charge in [0.2, 0.25) is 5.43 Å². The Kier molecular flexibility index (Phi) is 3.54. The molecule has 0 aliphatic rings. The van der Waals surface area contributed by atoms with Crippen molar-refractivity contribution in [2.45, 2.75) is 6.92 Å². The van der Waals surface area contributed by atoms with E-state index in [2.05, 4.69) is 4.98 Å². The average Bonchev–Trinajstić information content (AvgIpc) is 2.61. The minimum absolute atomic E-state index is 0.175. The lowest BCUT2D eigenvalue weighted by atomic mass is 10.0. The second-order valence-corrected chi connectivity index (χ2v) is 5.61.